The summed E-state index contributed by atoms with van der Waals surface area (Å²) in [6.45, 7) is 4.09. The number of halogens is 1. The molecular weight excluding hydrogens is 300 g/mol. The number of benzene rings is 1. The van der Waals surface area contributed by atoms with E-state index in [1.54, 1.807) is 29.2 Å². The van der Waals surface area contributed by atoms with E-state index in [1.165, 1.54) is 0 Å². The van der Waals surface area contributed by atoms with Crippen molar-refractivity contribution in [2.75, 3.05) is 23.8 Å². The summed E-state index contributed by atoms with van der Waals surface area (Å²) in [4.78, 5) is 22.6. The highest BCUT2D eigenvalue weighted by Crippen LogP contribution is 2.15. The minimum Gasteiger partial charge on any atom is -0.350 e. The number of aryl methyl sites for hydroxylation is 2. The molecule has 1 aromatic heterocycles. The van der Waals surface area contributed by atoms with E-state index in [1.807, 2.05) is 27.0 Å². The monoisotopic (exact) mass is 318 g/mol. The maximum Gasteiger partial charge on any atom is 0.243 e. The number of nitrogens with one attached hydrogen (secondary N) is 1. The zero-order chi connectivity index (χ0) is 16.1. The second-order valence-corrected chi connectivity index (χ2v) is 5.47. The van der Waals surface area contributed by atoms with E-state index in [4.69, 9.17) is 11.6 Å². The predicted octanol–water partition coefficient (Wildman–Crippen LogP) is 3.08. The third-order valence-electron chi connectivity index (χ3n) is 3.12. The van der Waals surface area contributed by atoms with E-state index >= 15 is 0 Å². The minimum absolute atomic E-state index is 0.126. The zero-order valence-corrected chi connectivity index (χ0v) is 13.7. The van der Waals surface area contributed by atoms with E-state index in [0.717, 1.165) is 17.9 Å². The highest BCUT2D eigenvalue weighted by Gasteiger charge is 2.11. The highest BCUT2D eigenvalue weighted by atomic mass is 35.5. The lowest BCUT2D eigenvalue weighted by molar-refractivity contribution is -0.114. The van der Waals surface area contributed by atoms with Crippen molar-refractivity contribution >= 4 is 29.0 Å². The quantitative estimate of drug-likeness (QED) is 0.920. The molecule has 0 bridgehead atoms. The molecule has 0 aliphatic heterocycles. The molecule has 0 saturated heterocycles. The maximum absolute atomic E-state index is 12.1. The van der Waals surface area contributed by atoms with Crippen LogP contribution in [0, 0.1) is 6.92 Å². The molecule has 0 radical (unpaired) electrons. The van der Waals surface area contributed by atoms with Crippen molar-refractivity contribution in [2.45, 2.75) is 20.3 Å². The largest absolute Gasteiger partial charge is 0.350 e. The van der Waals surface area contributed by atoms with Crippen LogP contribution in [0.5, 0.6) is 0 Å². The Bertz CT molecular complexity index is 675. The summed E-state index contributed by atoms with van der Waals surface area (Å²) in [6, 6.07) is 8.97. The second kappa shape index (κ2) is 7.22. The molecule has 5 nitrogen and oxygen atoms in total. The molecule has 2 aromatic rings. The average molecular weight is 319 g/mol. The van der Waals surface area contributed by atoms with Crippen LogP contribution < -0.4 is 10.2 Å². The Hall–Kier alpha value is -2.14. The van der Waals surface area contributed by atoms with Gasteiger partial charge in [-0.3, -0.25) is 4.79 Å². The van der Waals surface area contributed by atoms with Crippen molar-refractivity contribution in [3.63, 3.8) is 0 Å². The van der Waals surface area contributed by atoms with Gasteiger partial charge in [-0.15, -0.1) is 0 Å². The molecule has 6 heteroatoms. The van der Waals surface area contributed by atoms with Gasteiger partial charge in [0.1, 0.15) is 11.6 Å². The van der Waals surface area contributed by atoms with E-state index in [-0.39, 0.29) is 12.5 Å². The predicted molar refractivity (Wildman–Crippen MR) is 89.5 cm³/mol. The van der Waals surface area contributed by atoms with Crippen LogP contribution >= 0.6 is 11.6 Å². The van der Waals surface area contributed by atoms with E-state index < -0.39 is 0 Å². The van der Waals surface area contributed by atoms with Crippen molar-refractivity contribution in [3.8, 4) is 0 Å². The summed E-state index contributed by atoms with van der Waals surface area (Å²) in [6.07, 6.45) is 0.832. The molecule has 1 N–H and O–H groups in total. The molecule has 22 heavy (non-hydrogen) atoms. The highest BCUT2D eigenvalue weighted by molar-refractivity contribution is 6.30. The lowest BCUT2D eigenvalue weighted by Gasteiger charge is -2.18. The number of aromatic nitrogens is 2. The molecule has 0 aliphatic rings. The molecule has 1 heterocycles. The standard InChI is InChI=1S/C16H19ClN4O/c1-4-13-9-15(19-11(2)18-13)21(3)10-16(22)20-14-7-5-6-12(17)8-14/h5-9H,4,10H2,1-3H3,(H,20,22). The molecule has 1 amide bonds. The van der Waals surface area contributed by atoms with Gasteiger partial charge in [-0.05, 0) is 31.5 Å². The number of rotatable bonds is 5. The Kier molecular flexibility index (Phi) is 5.33. The number of nitrogens with zero attached hydrogens (tertiary/aromatic N) is 3. The van der Waals surface area contributed by atoms with Gasteiger partial charge in [0, 0.05) is 29.5 Å². The fourth-order valence-electron chi connectivity index (χ4n) is 2.05. The van der Waals surface area contributed by atoms with Crippen molar-refractivity contribution < 1.29 is 4.79 Å². The Morgan fingerprint density at radius 1 is 1.32 bits per heavy atom. The van der Waals surface area contributed by atoms with Gasteiger partial charge >= 0.3 is 0 Å². The SMILES string of the molecule is CCc1cc(N(C)CC(=O)Nc2cccc(Cl)c2)nc(C)n1. The molecule has 0 aliphatic carbocycles. The number of hydrogen-bond donors (Lipinski definition) is 1. The molecule has 0 saturated carbocycles. The van der Waals surface area contributed by atoms with Crippen molar-refractivity contribution in [1.82, 2.24) is 9.97 Å². The van der Waals surface area contributed by atoms with Gasteiger partial charge in [-0.25, -0.2) is 9.97 Å². The summed E-state index contributed by atoms with van der Waals surface area (Å²) in [7, 11) is 1.83. The topological polar surface area (TPSA) is 58.1 Å². The van der Waals surface area contributed by atoms with Crippen molar-refractivity contribution in [2.24, 2.45) is 0 Å². The van der Waals surface area contributed by atoms with E-state index in [9.17, 15) is 4.79 Å². The lowest BCUT2D eigenvalue weighted by Crippen LogP contribution is -2.31. The molecule has 116 valence electrons. The molecule has 0 spiro atoms. The summed E-state index contributed by atoms with van der Waals surface area (Å²) in [5.74, 6) is 1.32. The summed E-state index contributed by atoms with van der Waals surface area (Å²) in [5, 5.41) is 3.41. The normalized spacial score (nSPS) is 10.4. The molecular formula is C16H19ClN4O. The van der Waals surface area contributed by atoms with Crippen LogP contribution in [0.15, 0.2) is 30.3 Å². The third-order valence-corrected chi connectivity index (χ3v) is 3.36. The summed E-state index contributed by atoms with van der Waals surface area (Å²) in [5.41, 5.74) is 1.64. The van der Waals surface area contributed by atoms with Gasteiger partial charge in [0.2, 0.25) is 5.91 Å². The first-order valence-corrected chi connectivity index (χ1v) is 7.47. The van der Waals surface area contributed by atoms with Crippen molar-refractivity contribution in [3.05, 3.63) is 46.9 Å². The van der Waals surface area contributed by atoms with Gasteiger partial charge in [0.05, 0.1) is 6.54 Å². The fraction of sp³-hybridized carbons (Fsp3) is 0.312. The van der Waals surface area contributed by atoms with Crippen LogP contribution in [0.2, 0.25) is 5.02 Å². The Balaban J connectivity index is 2.03. The average Bonchev–Trinajstić information content (AvgIpc) is 2.46. The second-order valence-electron chi connectivity index (χ2n) is 5.03. The van der Waals surface area contributed by atoms with Gasteiger partial charge in [0.25, 0.3) is 0 Å². The minimum atomic E-state index is -0.126. The summed E-state index contributed by atoms with van der Waals surface area (Å²) >= 11 is 5.90. The fourth-order valence-corrected chi connectivity index (χ4v) is 2.24. The van der Waals surface area contributed by atoms with Gasteiger partial charge in [-0.2, -0.15) is 0 Å². The smallest absolute Gasteiger partial charge is 0.243 e. The number of likely N-dealkylation sites (N-methyl/N-ethyl adjacent to an activating group) is 1. The first-order chi connectivity index (χ1) is 10.5. The van der Waals surface area contributed by atoms with Crippen LogP contribution in [-0.4, -0.2) is 29.5 Å². The molecule has 0 atom stereocenters. The Labute approximate surface area is 135 Å². The number of anilines is 2. The third kappa shape index (κ3) is 4.43. The van der Waals surface area contributed by atoms with Crippen LogP contribution in [0.1, 0.15) is 18.4 Å². The maximum atomic E-state index is 12.1. The van der Waals surface area contributed by atoms with E-state index in [0.29, 0.717) is 16.5 Å². The van der Waals surface area contributed by atoms with Crippen molar-refractivity contribution in [1.29, 1.82) is 0 Å². The first-order valence-electron chi connectivity index (χ1n) is 7.09. The van der Waals surface area contributed by atoms with Crippen LogP contribution in [-0.2, 0) is 11.2 Å². The number of carbonyl (C=O) groups is 1. The molecule has 0 unspecified atom stereocenters. The van der Waals surface area contributed by atoms with Crippen LogP contribution in [0.4, 0.5) is 11.5 Å². The summed E-state index contributed by atoms with van der Waals surface area (Å²) < 4.78 is 0. The van der Waals surface area contributed by atoms with Crippen LogP contribution in [0.25, 0.3) is 0 Å². The Morgan fingerprint density at radius 3 is 2.77 bits per heavy atom. The van der Waals surface area contributed by atoms with Crippen LogP contribution in [0.3, 0.4) is 0 Å². The molecule has 1 aromatic carbocycles. The number of amides is 1. The zero-order valence-electron chi connectivity index (χ0n) is 12.9. The molecule has 2 rings (SSSR count). The lowest BCUT2D eigenvalue weighted by atomic mass is 10.3. The first kappa shape index (κ1) is 16.2. The van der Waals surface area contributed by atoms with Gasteiger partial charge in [-0.1, -0.05) is 24.6 Å². The number of hydrogen-bond acceptors (Lipinski definition) is 4. The molecule has 0 fully saturated rings. The van der Waals surface area contributed by atoms with Gasteiger partial charge in [0.15, 0.2) is 0 Å². The Morgan fingerprint density at radius 2 is 2.09 bits per heavy atom. The number of carbonyl (C=O) groups excluding carboxylic acids is 1. The van der Waals surface area contributed by atoms with E-state index in [2.05, 4.69) is 15.3 Å². The van der Waals surface area contributed by atoms with Gasteiger partial charge < -0.3 is 10.2 Å².